The highest BCUT2D eigenvalue weighted by atomic mass is 32.1. The van der Waals surface area contributed by atoms with Gasteiger partial charge in [-0.05, 0) is 13.0 Å². The third kappa shape index (κ3) is 3.20. The number of methoxy groups -OCH3 is 1. The topological polar surface area (TPSA) is 88.7 Å². The van der Waals surface area contributed by atoms with E-state index in [1.807, 2.05) is 0 Å². The number of aromatic hydroxyl groups is 1. The molecule has 1 aliphatic rings. The van der Waals surface area contributed by atoms with Crippen molar-refractivity contribution in [3.05, 3.63) is 34.8 Å². The van der Waals surface area contributed by atoms with E-state index in [9.17, 15) is 14.7 Å². The second kappa shape index (κ2) is 6.94. The van der Waals surface area contributed by atoms with Gasteiger partial charge >= 0.3 is 17.0 Å². The molecule has 0 atom stereocenters. The fourth-order valence-corrected chi connectivity index (χ4v) is 3.46. The van der Waals surface area contributed by atoms with Crippen LogP contribution in [0.4, 0.5) is 5.13 Å². The summed E-state index contributed by atoms with van der Waals surface area (Å²) in [5, 5.41) is 15.4. The molecule has 0 radical (unpaired) electrons. The van der Waals surface area contributed by atoms with Crippen molar-refractivity contribution in [1.29, 1.82) is 0 Å². The van der Waals surface area contributed by atoms with E-state index < -0.39 is 0 Å². The first-order valence-electron chi connectivity index (χ1n) is 7.62. The minimum absolute atomic E-state index is 0.0541. The maximum Gasteiger partial charge on any atom is 0.379 e. The van der Waals surface area contributed by atoms with Crippen LogP contribution in [0.5, 0.6) is 11.5 Å². The van der Waals surface area contributed by atoms with Gasteiger partial charge in [0.15, 0.2) is 11.5 Å². The molecule has 8 heteroatoms. The number of nitrogens with zero attached hydrogens (tertiary/aromatic N) is 1. The molecule has 3 rings (SSSR count). The summed E-state index contributed by atoms with van der Waals surface area (Å²) in [6.07, 6.45) is 1.62. The number of phenols is 1. The van der Waals surface area contributed by atoms with Crippen LogP contribution in [0.2, 0.25) is 0 Å². The minimum atomic E-state index is -0.362. The fraction of sp³-hybridized carbons (Fsp3) is 0.235. The van der Waals surface area contributed by atoms with E-state index in [4.69, 9.17) is 9.47 Å². The van der Waals surface area contributed by atoms with Crippen LogP contribution in [-0.2, 0) is 20.7 Å². The number of carbonyl (C=O) groups excluding carboxylic acids is 2. The Morgan fingerprint density at radius 1 is 1.44 bits per heavy atom. The Bertz CT molecular complexity index is 872. The maximum atomic E-state index is 12.3. The van der Waals surface area contributed by atoms with Gasteiger partial charge in [0.05, 0.1) is 13.7 Å². The van der Waals surface area contributed by atoms with E-state index >= 15 is 0 Å². The summed E-state index contributed by atoms with van der Waals surface area (Å²) >= 11 is 1.32. The van der Waals surface area contributed by atoms with Gasteiger partial charge in [-0.1, -0.05) is 23.5 Å². The predicted octanol–water partition coefficient (Wildman–Crippen LogP) is 1.81. The van der Waals surface area contributed by atoms with Crippen molar-refractivity contribution in [3.8, 4) is 11.5 Å². The molecule has 0 unspecified atom stereocenters. The summed E-state index contributed by atoms with van der Waals surface area (Å²) in [4.78, 5) is 24.1. The van der Waals surface area contributed by atoms with E-state index in [-0.39, 0.29) is 24.0 Å². The summed E-state index contributed by atoms with van der Waals surface area (Å²) in [6, 6.07) is 5.02. The fourth-order valence-electron chi connectivity index (χ4n) is 2.55. The van der Waals surface area contributed by atoms with Crippen molar-refractivity contribution in [2.75, 3.05) is 19.0 Å². The molecular weight excluding hydrogens is 344 g/mol. The molecule has 130 valence electrons. The highest BCUT2D eigenvalue weighted by Gasteiger charge is 2.38. The third-order valence-electron chi connectivity index (χ3n) is 3.66. The SMILES string of the molecule is CCOC(=O)Cc1csc2[n+]1/C(=C\c1cccc(OC)c1O)C(=O)N2. The van der Waals surface area contributed by atoms with Gasteiger partial charge in [-0.15, -0.1) is 0 Å². The van der Waals surface area contributed by atoms with Crippen LogP contribution in [0.25, 0.3) is 11.8 Å². The lowest BCUT2D eigenvalue weighted by Crippen LogP contribution is -2.34. The molecule has 1 aliphatic heterocycles. The highest BCUT2D eigenvalue weighted by molar-refractivity contribution is 7.13. The molecule has 2 heterocycles. The first kappa shape index (κ1) is 17.0. The van der Waals surface area contributed by atoms with Crippen molar-refractivity contribution in [1.82, 2.24) is 0 Å². The first-order valence-corrected chi connectivity index (χ1v) is 8.50. The van der Waals surface area contributed by atoms with Crippen LogP contribution in [0.3, 0.4) is 0 Å². The van der Waals surface area contributed by atoms with Gasteiger partial charge in [0.1, 0.15) is 12.1 Å². The van der Waals surface area contributed by atoms with Crippen molar-refractivity contribution < 1.29 is 28.7 Å². The molecule has 0 saturated heterocycles. The van der Waals surface area contributed by atoms with Gasteiger partial charge in [0.25, 0.3) is 0 Å². The number of carbonyl (C=O) groups is 2. The van der Waals surface area contributed by atoms with Gasteiger partial charge < -0.3 is 14.6 Å². The Balaban J connectivity index is 2.01. The van der Waals surface area contributed by atoms with Crippen molar-refractivity contribution >= 4 is 40.1 Å². The first-order chi connectivity index (χ1) is 12.0. The quantitative estimate of drug-likeness (QED) is 0.482. The number of nitrogens with one attached hydrogen (secondary N) is 1. The van der Waals surface area contributed by atoms with E-state index in [0.717, 1.165) is 0 Å². The molecule has 1 aromatic heterocycles. The Labute approximate surface area is 148 Å². The summed E-state index contributed by atoms with van der Waals surface area (Å²) < 4.78 is 11.7. The van der Waals surface area contributed by atoms with Crippen LogP contribution < -0.4 is 14.6 Å². The molecule has 1 aromatic carbocycles. The summed E-state index contributed by atoms with van der Waals surface area (Å²) in [5.41, 5.74) is 1.41. The standard InChI is InChI=1S/C17H16N2O5S/c1-3-24-14(20)8-11-9-25-17-18-16(22)12(19(11)17)7-10-5-4-6-13(23-2)15(10)21/h4-7,9H,3,8H2,1-2H3,(H,21,22)/p+1. The summed E-state index contributed by atoms with van der Waals surface area (Å²) in [7, 11) is 1.46. The van der Waals surface area contributed by atoms with Crippen LogP contribution in [-0.4, -0.2) is 30.7 Å². The number of para-hydroxylation sites is 1. The zero-order valence-corrected chi connectivity index (χ0v) is 14.6. The number of phenolic OH excluding ortho intramolecular Hbond substituents is 1. The van der Waals surface area contributed by atoms with Crippen LogP contribution >= 0.6 is 11.3 Å². The second-order valence-corrected chi connectivity index (χ2v) is 6.09. The molecule has 0 spiro atoms. The second-order valence-electron chi connectivity index (χ2n) is 5.23. The average molecular weight is 361 g/mol. The number of hydrogen-bond acceptors (Lipinski definition) is 6. The molecule has 25 heavy (non-hydrogen) atoms. The van der Waals surface area contributed by atoms with Crippen molar-refractivity contribution in [2.45, 2.75) is 13.3 Å². The summed E-state index contributed by atoms with van der Waals surface area (Å²) in [5.74, 6) is -0.408. The number of hydrogen-bond donors (Lipinski definition) is 2. The van der Waals surface area contributed by atoms with Crippen molar-refractivity contribution in [3.63, 3.8) is 0 Å². The van der Waals surface area contributed by atoms with E-state index in [0.29, 0.717) is 34.4 Å². The average Bonchev–Trinajstić information content (AvgIpc) is 3.10. The molecule has 0 saturated carbocycles. The van der Waals surface area contributed by atoms with Gasteiger partial charge in [-0.3, -0.25) is 4.79 Å². The zero-order chi connectivity index (χ0) is 18.0. The molecular formula is C17H17N2O5S+. The van der Waals surface area contributed by atoms with Gasteiger partial charge in [-0.2, -0.15) is 9.88 Å². The maximum absolute atomic E-state index is 12.3. The van der Waals surface area contributed by atoms with Crippen LogP contribution in [0, 0.1) is 0 Å². The number of ether oxygens (including phenoxy) is 2. The highest BCUT2D eigenvalue weighted by Crippen LogP contribution is 2.32. The number of anilines is 1. The Kier molecular flexibility index (Phi) is 4.71. The molecule has 2 N–H and O–H groups in total. The molecule has 7 nitrogen and oxygen atoms in total. The lowest BCUT2D eigenvalue weighted by molar-refractivity contribution is -0.559. The molecule has 0 bridgehead atoms. The molecule has 0 fully saturated rings. The number of aromatic nitrogens is 1. The van der Waals surface area contributed by atoms with Crippen molar-refractivity contribution in [2.24, 2.45) is 0 Å². The number of esters is 1. The Hall–Kier alpha value is -2.87. The van der Waals surface area contributed by atoms with Gasteiger partial charge in [-0.25, -0.2) is 4.79 Å². The van der Waals surface area contributed by atoms with E-state index in [1.165, 1.54) is 18.4 Å². The lowest BCUT2D eigenvalue weighted by atomic mass is 10.1. The molecule has 1 amide bonds. The number of amides is 1. The minimum Gasteiger partial charge on any atom is -0.504 e. The Morgan fingerprint density at radius 3 is 2.96 bits per heavy atom. The number of thiazole rings is 1. The largest absolute Gasteiger partial charge is 0.504 e. The number of benzene rings is 1. The number of fused-ring (bicyclic) bond motifs is 1. The predicted molar refractivity (Wildman–Crippen MR) is 92.3 cm³/mol. The Morgan fingerprint density at radius 2 is 2.24 bits per heavy atom. The van der Waals surface area contributed by atoms with Gasteiger partial charge in [0.2, 0.25) is 5.70 Å². The van der Waals surface area contributed by atoms with E-state index in [2.05, 4.69) is 5.32 Å². The third-order valence-corrected chi connectivity index (χ3v) is 4.56. The number of rotatable bonds is 5. The van der Waals surface area contributed by atoms with Gasteiger partial charge in [0, 0.05) is 17.0 Å². The molecule has 0 aliphatic carbocycles. The lowest BCUT2D eigenvalue weighted by Gasteiger charge is -2.05. The van der Waals surface area contributed by atoms with E-state index in [1.54, 1.807) is 41.1 Å². The smallest absolute Gasteiger partial charge is 0.379 e. The monoisotopic (exact) mass is 361 g/mol. The normalized spacial score (nSPS) is 14.3. The summed E-state index contributed by atoms with van der Waals surface area (Å²) in [6.45, 7) is 2.04. The van der Waals surface area contributed by atoms with Crippen LogP contribution in [0.15, 0.2) is 23.6 Å². The zero-order valence-electron chi connectivity index (χ0n) is 13.7. The molecule has 2 aromatic rings. The van der Waals surface area contributed by atoms with Crippen LogP contribution in [0.1, 0.15) is 18.2 Å².